The molecule has 0 aromatic heterocycles. The van der Waals surface area contributed by atoms with Crippen molar-refractivity contribution in [3.8, 4) is 5.75 Å². The maximum absolute atomic E-state index is 13.7. The molecule has 2 bridgehead atoms. The van der Waals surface area contributed by atoms with Gasteiger partial charge in [-0.15, -0.1) is 0 Å². The second kappa shape index (κ2) is 9.45. The minimum absolute atomic E-state index is 0.000752. The third-order valence-electron chi connectivity index (χ3n) is 11.4. The summed E-state index contributed by atoms with van der Waals surface area (Å²) in [7, 11) is 2.04. The number of hydrogen-bond acceptors (Lipinski definition) is 3. The molecule has 6 rings (SSSR count). The molecule has 1 saturated heterocycles. The molecule has 37 heavy (non-hydrogen) atoms. The van der Waals surface area contributed by atoms with E-state index >= 15 is 0 Å². The number of rotatable bonds is 6. The number of hydrogen-bond donors (Lipinski definition) is 1. The highest BCUT2D eigenvalue weighted by Crippen LogP contribution is 2.70. The van der Waals surface area contributed by atoms with E-state index in [0.29, 0.717) is 17.7 Å². The van der Waals surface area contributed by atoms with Gasteiger partial charge in [-0.25, -0.2) is 0 Å². The zero-order chi connectivity index (χ0) is 25.8. The average Bonchev–Trinajstić information content (AvgIpc) is 3.10. The van der Waals surface area contributed by atoms with E-state index < -0.39 is 0 Å². The number of nitrogens with zero attached hydrogens (tertiary/aromatic N) is 2. The van der Waals surface area contributed by atoms with E-state index in [1.165, 1.54) is 43.4 Å². The summed E-state index contributed by atoms with van der Waals surface area (Å²) in [4.78, 5) is 18.6. The quantitative estimate of drug-likeness (QED) is 0.498. The number of phenols is 1. The van der Waals surface area contributed by atoms with Crippen molar-refractivity contribution in [2.45, 2.75) is 89.1 Å². The zero-order valence-electron chi connectivity index (χ0n) is 23.0. The molecular weight excluding hydrogens is 456 g/mol. The van der Waals surface area contributed by atoms with Crippen LogP contribution in [0.25, 0.3) is 0 Å². The fraction of sp³-hybridized carbons (Fsp3) is 0.606. The Morgan fingerprint density at radius 1 is 1.05 bits per heavy atom. The Morgan fingerprint density at radius 2 is 1.81 bits per heavy atom. The van der Waals surface area contributed by atoms with Crippen molar-refractivity contribution in [3.05, 3.63) is 65.2 Å². The van der Waals surface area contributed by atoms with Gasteiger partial charge in [-0.1, -0.05) is 37.6 Å². The molecule has 198 valence electrons. The smallest absolute Gasteiger partial charge is 0.253 e. The fourth-order valence-electron chi connectivity index (χ4n) is 9.36. The molecule has 4 heteroatoms. The molecule has 5 unspecified atom stereocenters. The minimum Gasteiger partial charge on any atom is -0.508 e. The van der Waals surface area contributed by atoms with Gasteiger partial charge in [0, 0.05) is 36.7 Å². The zero-order valence-corrected chi connectivity index (χ0v) is 23.0. The molecule has 3 aliphatic carbocycles. The van der Waals surface area contributed by atoms with Gasteiger partial charge in [0.15, 0.2) is 0 Å². The van der Waals surface area contributed by atoms with Gasteiger partial charge in [0.2, 0.25) is 0 Å². The molecule has 3 saturated carbocycles. The lowest BCUT2D eigenvalue weighted by Gasteiger charge is -2.64. The van der Waals surface area contributed by atoms with E-state index in [1.807, 2.05) is 43.4 Å². The lowest BCUT2D eigenvalue weighted by molar-refractivity contribution is -0.0941. The first-order chi connectivity index (χ1) is 17.9. The Morgan fingerprint density at radius 3 is 2.51 bits per heavy atom. The molecule has 1 aliphatic heterocycles. The largest absolute Gasteiger partial charge is 0.508 e. The maximum atomic E-state index is 13.7. The lowest BCUT2D eigenvalue weighted by Crippen LogP contribution is -2.67. The molecule has 0 spiro atoms. The predicted molar refractivity (Wildman–Crippen MR) is 149 cm³/mol. The highest BCUT2D eigenvalue weighted by atomic mass is 16.3. The molecule has 0 radical (unpaired) electrons. The van der Waals surface area contributed by atoms with E-state index in [9.17, 15) is 9.90 Å². The number of aryl methyl sites for hydroxylation is 1. The summed E-state index contributed by atoms with van der Waals surface area (Å²) in [5.74, 6) is 1.82. The van der Waals surface area contributed by atoms with Crippen LogP contribution in [0.3, 0.4) is 0 Å². The topological polar surface area (TPSA) is 43.8 Å². The van der Waals surface area contributed by atoms with E-state index in [0.717, 1.165) is 50.1 Å². The second-order valence-electron chi connectivity index (χ2n) is 12.6. The van der Waals surface area contributed by atoms with Crippen molar-refractivity contribution in [1.82, 2.24) is 9.80 Å². The van der Waals surface area contributed by atoms with Gasteiger partial charge in [-0.2, -0.15) is 0 Å². The Kier molecular flexibility index (Phi) is 6.38. The van der Waals surface area contributed by atoms with Gasteiger partial charge in [0.1, 0.15) is 5.75 Å². The molecule has 4 aliphatic rings. The Labute approximate surface area is 223 Å². The predicted octanol–water partition coefficient (Wildman–Crippen LogP) is 6.42. The second-order valence-corrected chi connectivity index (χ2v) is 12.6. The van der Waals surface area contributed by atoms with Gasteiger partial charge in [-0.05, 0) is 117 Å². The van der Waals surface area contributed by atoms with Gasteiger partial charge in [-0.3, -0.25) is 9.69 Å². The molecule has 4 fully saturated rings. The Hall–Kier alpha value is -2.33. The number of amides is 1. The first-order valence-electron chi connectivity index (χ1n) is 14.8. The van der Waals surface area contributed by atoms with Crippen LogP contribution in [0.15, 0.2) is 48.5 Å². The van der Waals surface area contributed by atoms with E-state index in [2.05, 4.69) is 35.8 Å². The molecule has 2 aromatic rings. The number of benzene rings is 2. The summed E-state index contributed by atoms with van der Waals surface area (Å²) in [6, 6.07) is 16.7. The highest BCUT2D eigenvalue weighted by molar-refractivity contribution is 5.94. The molecule has 1 amide bonds. The van der Waals surface area contributed by atoms with Crippen molar-refractivity contribution in [2.24, 2.45) is 17.3 Å². The van der Waals surface area contributed by atoms with Crippen LogP contribution in [0, 0.1) is 17.3 Å². The van der Waals surface area contributed by atoms with Crippen molar-refractivity contribution in [3.63, 3.8) is 0 Å². The maximum Gasteiger partial charge on any atom is 0.253 e. The monoisotopic (exact) mass is 500 g/mol. The van der Waals surface area contributed by atoms with Crippen LogP contribution in [0.1, 0.15) is 86.7 Å². The third kappa shape index (κ3) is 3.69. The van der Waals surface area contributed by atoms with E-state index in [4.69, 9.17) is 0 Å². The average molecular weight is 501 g/mol. The highest BCUT2D eigenvalue weighted by Gasteiger charge is 2.69. The van der Waals surface area contributed by atoms with Gasteiger partial charge < -0.3 is 10.0 Å². The Bertz CT molecular complexity index is 1140. The first kappa shape index (κ1) is 25.0. The van der Waals surface area contributed by atoms with Crippen molar-refractivity contribution >= 4 is 5.91 Å². The number of carbonyl (C=O) groups is 1. The van der Waals surface area contributed by atoms with Crippen molar-refractivity contribution in [2.75, 3.05) is 20.1 Å². The van der Waals surface area contributed by atoms with Crippen LogP contribution in [-0.2, 0) is 11.8 Å². The number of aromatic hydroxyl groups is 1. The third-order valence-corrected chi connectivity index (χ3v) is 11.4. The summed E-state index contributed by atoms with van der Waals surface area (Å²) < 4.78 is 0. The van der Waals surface area contributed by atoms with Crippen molar-refractivity contribution < 1.29 is 9.90 Å². The standard InChI is InChI=1S/C33H44N2O2/c1-4-25-13-14-27(36)21-29(25)33-19-20-35(22-24-9-8-10-24)23(2)32(33)17-15-28(33)30(16-18-32)34(3)31(37)26-11-6-5-7-12-26/h5-7,11-14,21,23-24,28,30,36H,4,8-10,15-20,22H2,1-3H3. The van der Waals surface area contributed by atoms with Crippen LogP contribution in [0.5, 0.6) is 5.75 Å². The van der Waals surface area contributed by atoms with Crippen LogP contribution in [0.4, 0.5) is 0 Å². The number of phenolic OH excluding ortho intramolecular Hbond substituents is 1. The number of piperidine rings is 1. The molecular formula is C33H44N2O2. The van der Waals surface area contributed by atoms with Gasteiger partial charge in [0.25, 0.3) is 5.91 Å². The molecule has 4 nitrogen and oxygen atoms in total. The molecule has 2 aromatic carbocycles. The van der Waals surface area contributed by atoms with Gasteiger partial charge in [0.05, 0.1) is 0 Å². The lowest BCUT2D eigenvalue weighted by atomic mass is 9.46. The summed E-state index contributed by atoms with van der Waals surface area (Å²) in [6.45, 7) is 7.14. The van der Waals surface area contributed by atoms with Crippen LogP contribution < -0.4 is 0 Å². The summed E-state index contributed by atoms with van der Waals surface area (Å²) in [5, 5.41) is 10.8. The normalized spacial score (nSPS) is 33.5. The van der Waals surface area contributed by atoms with E-state index in [1.54, 1.807) is 0 Å². The van der Waals surface area contributed by atoms with Gasteiger partial charge >= 0.3 is 0 Å². The Balaban J connectivity index is 1.43. The minimum atomic E-state index is 0.000752. The summed E-state index contributed by atoms with van der Waals surface area (Å²) in [6.07, 6.45) is 10.9. The number of likely N-dealkylation sites (tertiary alicyclic amines) is 1. The van der Waals surface area contributed by atoms with Crippen LogP contribution >= 0.6 is 0 Å². The first-order valence-corrected chi connectivity index (χ1v) is 14.8. The fourth-order valence-corrected chi connectivity index (χ4v) is 9.36. The van der Waals surface area contributed by atoms with Crippen LogP contribution in [0.2, 0.25) is 0 Å². The summed E-state index contributed by atoms with van der Waals surface area (Å²) in [5.41, 5.74) is 3.75. The molecule has 5 atom stereocenters. The molecule has 1 heterocycles. The van der Waals surface area contributed by atoms with Crippen molar-refractivity contribution in [1.29, 1.82) is 0 Å². The SMILES string of the molecule is CCc1ccc(O)cc1C12CCN(CC3CCC3)C(C)C13CCC(N(C)C(=O)c1ccccc1)C2CC3. The summed E-state index contributed by atoms with van der Waals surface area (Å²) >= 11 is 0. The number of carbonyl (C=O) groups excluding carboxylic acids is 1. The molecule has 1 N–H and O–H groups in total. The van der Waals surface area contributed by atoms with Crippen LogP contribution in [-0.4, -0.2) is 53.0 Å². The van der Waals surface area contributed by atoms with E-state index in [-0.39, 0.29) is 22.8 Å².